The molecule has 94 valence electrons. The highest BCUT2D eigenvalue weighted by molar-refractivity contribution is 6.48. The van der Waals surface area contributed by atoms with Crippen LogP contribution in [-0.4, -0.2) is 30.2 Å². The molecule has 0 aromatic heterocycles. The number of aliphatic imine (C=N–C) groups is 2. The molecule has 0 unspecified atom stereocenters. The number of nitrogens with zero attached hydrogens (tertiary/aromatic N) is 2. The lowest BCUT2D eigenvalue weighted by Crippen LogP contribution is -2.38. The van der Waals surface area contributed by atoms with Crippen LogP contribution in [-0.2, 0) is 0 Å². The molecule has 3 nitrogen and oxygen atoms in total. The lowest BCUT2D eigenvalue weighted by Gasteiger charge is -2.28. The summed E-state index contributed by atoms with van der Waals surface area (Å²) in [6.07, 6.45) is 1.98. The summed E-state index contributed by atoms with van der Waals surface area (Å²) >= 11 is 5.92. The summed E-state index contributed by atoms with van der Waals surface area (Å²) in [6, 6.07) is 7.83. The number of piperidine rings is 1. The van der Waals surface area contributed by atoms with Crippen LogP contribution >= 0.6 is 11.6 Å². The van der Waals surface area contributed by atoms with Crippen molar-refractivity contribution in [1.82, 2.24) is 5.32 Å². The fraction of sp³-hybridized carbons (Fsp3) is 0.429. The van der Waals surface area contributed by atoms with Gasteiger partial charge in [0.15, 0.2) is 5.66 Å². The maximum absolute atomic E-state index is 5.92. The van der Waals surface area contributed by atoms with Crippen LogP contribution in [0.25, 0.3) is 0 Å². The van der Waals surface area contributed by atoms with Crippen molar-refractivity contribution < 1.29 is 0 Å². The summed E-state index contributed by atoms with van der Waals surface area (Å²) in [7, 11) is 0. The van der Waals surface area contributed by atoms with Crippen molar-refractivity contribution in [2.75, 3.05) is 13.1 Å². The highest BCUT2D eigenvalue weighted by Gasteiger charge is 2.36. The van der Waals surface area contributed by atoms with E-state index in [0.29, 0.717) is 0 Å². The lowest BCUT2D eigenvalue weighted by atomic mass is 10.0. The van der Waals surface area contributed by atoms with E-state index in [1.807, 2.05) is 31.2 Å². The van der Waals surface area contributed by atoms with Crippen molar-refractivity contribution in [2.24, 2.45) is 9.98 Å². The van der Waals surface area contributed by atoms with Crippen LogP contribution in [0.1, 0.15) is 25.3 Å². The van der Waals surface area contributed by atoms with Gasteiger partial charge in [-0.05, 0) is 32.1 Å². The standard InChI is InChI=1S/C14H16ClN3/c1-10-13(11-2-4-12(15)5-3-11)18-14(17-10)6-8-16-9-7-14/h2-5,16H,6-9H2,1H3. The van der Waals surface area contributed by atoms with Gasteiger partial charge in [0, 0.05) is 23.4 Å². The van der Waals surface area contributed by atoms with Crippen LogP contribution in [0.3, 0.4) is 0 Å². The van der Waals surface area contributed by atoms with Gasteiger partial charge < -0.3 is 5.32 Å². The quantitative estimate of drug-likeness (QED) is 0.829. The summed E-state index contributed by atoms with van der Waals surface area (Å²) in [5.74, 6) is 0. The van der Waals surface area contributed by atoms with Gasteiger partial charge in [-0.2, -0.15) is 0 Å². The number of benzene rings is 1. The average molecular weight is 262 g/mol. The van der Waals surface area contributed by atoms with Gasteiger partial charge in [0.2, 0.25) is 0 Å². The Morgan fingerprint density at radius 2 is 1.78 bits per heavy atom. The fourth-order valence-corrected chi connectivity index (χ4v) is 2.74. The largest absolute Gasteiger partial charge is 0.316 e. The molecule has 0 atom stereocenters. The van der Waals surface area contributed by atoms with Crippen molar-refractivity contribution >= 4 is 23.0 Å². The molecular weight excluding hydrogens is 246 g/mol. The first-order valence-corrected chi connectivity index (χ1v) is 6.70. The van der Waals surface area contributed by atoms with E-state index in [1.165, 1.54) is 0 Å². The van der Waals surface area contributed by atoms with Crippen molar-refractivity contribution in [3.05, 3.63) is 34.9 Å². The summed E-state index contributed by atoms with van der Waals surface area (Å²) in [6.45, 7) is 4.03. The van der Waals surface area contributed by atoms with Gasteiger partial charge in [-0.15, -0.1) is 0 Å². The molecular formula is C14H16ClN3. The molecule has 1 saturated heterocycles. The lowest BCUT2D eigenvalue weighted by molar-refractivity contribution is 0.331. The Labute approximate surface area is 112 Å². The second-order valence-corrected chi connectivity index (χ2v) is 5.33. The van der Waals surface area contributed by atoms with Gasteiger partial charge in [0.1, 0.15) is 0 Å². The minimum atomic E-state index is -0.204. The summed E-state index contributed by atoms with van der Waals surface area (Å²) in [4.78, 5) is 9.69. The third-order valence-corrected chi connectivity index (χ3v) is 3.81. The van der Waals surface area contributed by atoms with Crippen LogP contribution in [0, 0.1) is 0 Å². The molecule has 2 aliphatic heterocycles. The van der Waals surface area contributed by atoms with Crippen LogP contribution in [0.4, 0.5) is 0 Å². The average Bonchev–Trinajstić information content (AvgIpc) is 2.68. The van der Waals surface area contributed by atoms with E-state index < -0.39 is 0 Å². The highest BCUT2D eigenvalue weighted by Crippen LogP contribution is 2.31. The van der Waals surface area contributed by atoms with Gasteiger partial charge in [0.05, 0.1) is 11.4 Å². The van der Waals surface area contributed by atoms with Crippen molar-refractivity contribution in [2.45, 2.75) is 25.4 Å². The molecule has 0 saturated carbocycles. The van der Waals surface area contributed by atoms with E-state index in [4.69, 9.17) is 21.6 Å². The summed E-state index contributed by atoms with van der Waals surface area (Å²) in [5, 5.41) is 4.11. The smallest absolute Gasteiger partial charge is 0.153 e. The van der Waals surface area contributed by atoms with E-state index in [0.717, 1.165) is 47.9 Å². The molecule has 2 heterocycles. The van der Waals surface area contributed by atoms with E-state index in [-0.39, 0.29) is 5.66 Å². The number of halogens is 1. The molecule has 0 aliphatic carbocycles. The Kier molecular flexibility index (Phi) is 2.96. The predicted molar refractivity (Wildman–Crippen MR) is 75.9 cm³/mol. The molecule has 0 amide bonds. The van der Waals surface area contributed by atoms with Gasteiger partial charge in [-0.1, -0.05) is 23.7 Å². The van der Waals surface area contributed by atoms with Crippen LogP contribution in [0.2, 0.25) is 5.02 Å². The first-order chi connectivity index (χ1) is 8.69. The Bertz CT molecular complexity index is 510. The molecule has 1 N–H and O–H groups in total. The normalized spacial score (nSPS) is 21.9. The SMILES string of the molecule is CC1=NC2(CCNCC2)N=C1c1ccc(Cl)cc1. The molecule has 1 aromatic carbocycles. The van der Waals surface area contributed by atoms with Crippen molar-refractivity contribution in [1.29, 1.82) is 0 Å². The van der Waals surface area contributed by atoms with Crippen LogP contribution in [0.5, 0.6) is 0 Å². The molecule has 1 aromatic rings. The molecule has 18 heavy (non-hydrogen) atoms. The Morgan fingerprint density at radius 1 is 1.11 bits per heavy atom. The first-order valence-electron chi connectivity index (χ1n) is 6.32. The first kappa shape index (κ1) is 11.9. The van der Waals surface area contributed by atoms with E-state index >= 15 is 0 Å². The Morgan fingerprint density at radius 3 is 2.44 bits per heavy atom. The Hall–Kier alpha value is -1.19. The third-order valence-electron chi connectivity index (χ3n) is 3.56. The number of hydrogen-bond donors (Lipinski definition) is 1. The van der Waals surface area contributed by atoms with Gasteiger partial charge >= 0.3 is 0 Å². The molecule has 4 heteroatoms. The Balaban J connectivity index is 1.95. The molecule has 0 radical (unpaired) electrons. The highest BCUT2D eigenvalue weighted by atomic mass is 35.5. The molecule has 1 fully saturated rings. The van der Waals surface area contributed by atoms with Crippen LogP contribution in [0.15, 0.2) is 34.3 Å². The van der Waals surface area contributed by atoms with E-state index in [9.17, 15) is 0 Å². The maximum atomic E-state index is 5.92. The summed E-state index contributed by atoms with van der Waals surface area (Å²) < 4.78 is 0. The van der Waals surface area contributed by atoms with Crippen LogP contribution < -0.4 is 5.32 Å². The predicted octanol–water partition coefficient (Wildman–Crippen LogP) is 2.68. The number of rotatable bonds is 1. The van der Waals surface area contributed by atoms with Gasteiger partial charge in [0.25, 0.3) is 0 Å². The fourth-order valence-electron chi connectivity index (χ4n) is 2.61. The van der Waals surface area contributed by atoms with E-state index in [1.54, 1.807) is 0 Å². The number of nitrogens with one attached hydrogen (secondary N) is 1. The summed E-state index contributed by atoms with van der Waals surface area (Å²) in [5.41, 5.74) is 2.97. The molecule has 0 bridgehead atoms. The second-order valence-electron chi connectivity index (χ2n) is 4.90. The maximum Gasteiger partial charge on any atom is 0.153 e. The molecule has 1 spiro atoms. The van der Waals surface area contributed by atoms with Gasteiger partial charge in [-0.25, -0.2) is 0 Å². The molecule has 3 rings (SSSR count). The van der Waals surface area contributed by atoms with Crippen molar-refractivity contribution in [3.63, 3.8) is 0 Å². The third kappa shape index (κ3) is 2.08. The van der Waals surface area contributed by atoms with Crippen molar-refractivity contribution in [3.8, 4) is 0 Å². The topological polar surface area (TPSA) is 36.8 Å². The zero-order valence-electron chi connectivity index (χ0n) is 10.4. The number of hydrogen-bond acceptors (Lipinski definition) is 3. The zero-order valence-corrected chi connectivity index (χ0v) is 11.2. The van der Waals surface area contributed by atoms with E-state index in [2.05, 4.69) is 5.32 Å². The monoisotopic (exact) mass is 261 g/mol. The minimum absolute atomic E-state index is 0.204. The minimum Gasteiger partial charge on any atom is -0.316 e. The molecule has 2 aliphatic rings. The second kappa shape index (κ2) is 4.48. The van der Waals surface area contributed by atoms with Gasteiger partial charge in [-0.3, -0.25) is 9.98 Å². The zero-order chi connectivity index (χ0) is 12.6.